The smallest absolute Gasteiger partial charge is 0.0477 e. The molecule has 0 spiro atoms. The van der Waals surface area contributed by atoms with Gasteiger partial charge in [-0.3, -0.25) is 4.90 Å². The quantitative estimate of drug-likeness (QED) is 0.920. The second-order valence-electron chi connectivity index (χ2n) is 5.64. The fraction of sp³-hybridized carbons (Fsp3) is 0.333. The van der Waals surface area contributed by atoms with E-state index in [9.17, 15) is 5.11 Å². The fourth-order valence-electron chi connectivity index (χ4n) is 3.19. The van der Waals surface area contributed by atoms with Crippen LogP contribution < -0.4 is 0 Å². The summed E-state index contributed by atoms with van der Waals surface area (Å²) in [6, 6.07) is 21.2. The Balaban J connectivity index is 1.71. The maximum Gasteiger partial charge on any atom is 0.0477 e. The van der Waals surface area contributed by atoms with E-state index >= 15 is 0 Å². The van der Waals surface area contributed by atoms with E-state index in [-0.39, 0.29) is 6.61 Å². The number of hydrogen-bond donors (Lipinski definition) is 1. The highest BCUT2D eigenvalue weighted by Gasteiger charge is 2.32. The zero-order valence-electron chi connectivity index (χ0n) is 11.7. The molecule has 1 N–H and O–H groups in total. The summed E-state index contributed by atoms with van der Waals surface area (Å²) in [4.78, 5) is 2.45. The van der Waals surface area contributed by atoms with Crippen molar-refractivity contribution in [3.63, 3.8) is 0 Å². The largest absolute Gasteiger partial charge is 0.396 e. The lowest BCUT2D eigenvalue weighted by molar-refractivity contribution is 0.214. The average molecular weight is 267 g/mol. The minimum absolute atomic E-state index is 0.269. The number of benzene rings is 2. The molecule has 2 aromatic carbocycles. The SMILES string of the molecule is OC[C@H]1CN(Cc2ccccc2)C[C@H]1c1ccccc1. The Hall–Kier alpha value is -1.64. The molecule has 1 saturated heterocycles. The van der Waals surface area contributed by atoms with Crippen molar-refractivity contribution in [1.29, 1.82) is 0 Å². The fourth-order valence-corrected chi connectivity index (χ4v) is 3.19. The molecular weight excluding hydrogens is 246 g/mol. The van der Waals surface area contributed by atoms with E-state index in [0.29, 0.717) is 11.8 Å². The van der Waals surface area contributed by atoms with Gasteiger partial charge in [0.15, 0.2) is 0 Å². The molecule has 0 bridgehead atoms. The van der Waals surface area contributed by atoms with Crippen molar-refractivity contribution in [3.05, 3.63) is 71.8 Å². The molecule has 1 heterocycles. The first-order chi connectivity index (χ1) is 9.86. The van der Waals surface area contributed by atoms with Gasteiger partial charge in [-0.15, -0.1) is 0 Å². The van der Waals surface area contributed by atoms with Crippen LogP contribution in [0.25, 0.3) is 0 Å². The van der Waals surface area contributed by atoms with Crippen LogP contribution in [0.1, 0.15) is 17.0 Å². The first kappa shape index (κ1) is 13.3. The zero-order valence-corrected chi connectivity index (χ0v) is 11.7. The number of aliphatic hydroxyl groups is 1. The third kappa shape index (κ3) is 2.92. The van der Waals surface area contributed by atoms with E-state index in [4.69, 9.17) is 0 Å². The van der Waals surface area contributed by atoms with Crippen LogP contribution in [0.5, 0.6) is 0 Å². The van der Waals surface area contributed by atoms with Gasteiger partial charge in [0.2, 0.25) is 0 Å². The molecule has 1 fully saturated rings. The predicted octanol–water partition coefficient (Wildman–Crippen LogP) is 2.89. The molecule has 2 nitrogen and oxygen atoms in total. The van der Waals surface area contributed by atoms with Crippen molar-refractivity contribution >= 4 is 0 Å². The van der Waals surface area contributed by atoms with Gasteiger partial charge in [-0.05, 0) is 11.1 Å². The molecule has 0 aromatic heterocycles. The molecule has 2 atom stereocenters. The second kappa shape index (κ2) is 6.21. The summed E-state index contributed by atoms with van der Waals surface area (Å²) in [5.74, 6) is 0.797. The minimum atomic E-state index is 0.269. The number of rotatable bonds is 4. The van der Waals surface area contributed by atoms with Crippen LogP contribution in [0, 0.1) is 5.92 Å². The van der Waals surface area contributed by atoms with Gasteiger partial charge in [-0.25, -0.2) is 0 Å². The summed E-state index contributed by atoms with van der Waals surface area (Å²) in [5, 5.41) is 9.65. The molecule has 0 amide bonds. The van der Waals surface area contributed by atoms with Crippen LogP contribution in [0.15, 0.2) is 60.7 Å². The summed E-state index contributed by atoms with van der Waals surface area (Å²) < 4.78 is 0. The van der Waals surface area contributed by atoms with Crippen LogP contribution in [-0.4, -0.2) is 29.7 Å². The van der Waals surface area contributed by atoms with E-state index in [1.807, 2.05) is 6.07 Å². The van der Waals surface area contributed by atoms with Crippen LogP contribution in [0.4, 0.5) is 0 Å². The van der Waals surface area contributed by atoms with Crippen molar-refractivity contribution < 1.29 is 5.11 Å². The maximum atomic E-state index is 9.65. The van der Waals surface area contributed by atoms with Crippen molar-refractivity contribution in [1.82, 2.24) is 4.90 Å². The van der Waals surface area contributed by atoms with E-state index in [1.165, 1.54) is 11.1 Å². The molecule has 2 heteroatoms. The average Bonchev–Trinajstić information content (AvgIpc) is 2.92. The minimum Gasteiger partial charge on any atom is -0.396 e. The number of aliphatic hydroxyl groups excluding tert-OH is 1. The third-order valence-electron chi connectivity index (χ3n) is 4.23. The van der Waals surface area contributed by atoms with Gasteiger partial charge in [0.05, 0.1) is 0 Å². The second-order valence-corrected chi connectivity index (χ2v) is 5.64. The highest BCUT2D eigenvalue weighted by molar-refractivity contribution is 5.23. The van der Waals surface area contributed by atoms with Gasteiger partial charge >= 0.3 is 0 Å². The lowest BCUT2D eigenvalue weighted by Gasteiger charge is -2.16. The molecule has 0 radical (unpaired) electrons. The molecule has 0 unspecified atom stereocenters. The first-order valence-corrected chi connectivity index (χ1v) is 7.29. The van der Waals surface area contributed by atoms with E-state index in [2.05, 4.69) is 59.5 Å². The van der Waals surface area contributed by atoms with Crippen LogP contribution in [0.2, 0.25) is 0 Å². The highest BCUT2D eigenvalue weighted by Crippen LogP contribution is 2.32. The Bertz CT molecular complexity index is 526. The van der Waals surface area contributed by atoms with Crippen molar-refractivity contribution in [2.24, 2.45) is 5.92 Å². The Morgan fingerprint density at radius 3 is 2.20 bits per heavy atom. The van der Waals surface area contributed by atoms with Crippen molar-refractivity contribution in [3.8, 4) is 0 Å². The zero-order chi connectivity index (χ0) is 13.8. The number of nitrogens with zero attached hydrogens (tertiary/aromatic N) is 1. The molecule has 104 valence electrons. The number of likely N-dealkylation sites (tertiary alicyclic amines) is 1. The lowest BCUT2D eigenvalue weighted by Crippen LogP contribution is -2.20. The van der Waals surface area contributed by atoms with E-state index < -0.39 is 0 Å². The third-order valence-corrected chi connectivity index (χ3v) is 4.23. The molecule has 0 saturated carbocycles. The summed E-state index contributed by atoms with van der Waals surface area (Å²) >= 11 is 0. The summed E-state index contributed by atoms with van der Waals surface area (Å²) in [6.07, 6.45) is 0. The summed E-state index contributed by atoms with van der Waals surface area (Å²) in [6.45, 7) is 3.25. The van der Waals surface area contributed by atoms with Gasteiger partial charge < -0.3 is 5.11 Å². The molecule has 1 aliphatic rings. The summed E-state index contributed by atoms with van der Waals surface area (Å²) in [5.41, 5.74) is 2.69. The van der Waals surface area contributed by atoms with Crippen LogP contribution in [0.3, 0.4) is 0 Å². The van der Waals surface area contributed by atoms with Gasteiger partial charge in [-0.2, -0.15) is 0 Å². The molecule has 1 aliphatic heterocycles. The Kier molecular flexibility index (Phi) is 4.14. The standard InChI is InChI=1S/C18H21NO/c20-14-17-12-19(11-15-7-3-1-4-8-15)13-18(17)16-9-5-2-6-10-16/h1-10,17-18,20H,11-14H2/t17-,18+/m1/s1. The summed E-state index contributed by atoms with van der Waals surface area (Å²) in [7, 11) is 0. The monoisotopic (exact) mass is 267 g/mol. The highest BCUT2D eigenvalue weighted by atomic mass is 16.3. The molecule has 3 rings (SSSR count). The Labute approximate surface area is 120 Å². The topological polar surface area (TPSA) is 23.5 Å². The maximum absolute atomic E-state index is 9.65. The van der Waals surface area contributed by atoms with E-state index in [1.54, 1.807) is 0 Å². The van der Waals surface area contributed by atoms with Crippen molar-refractivity contribution in [2.45, 2.75) is 12.5 Å². The predicted molar refractivity (Wildman–Crippen MR) is 81.5 cm³/mol. The Morgan fingerprint density at radius 1 is 0.900 bits per heavy atom. The van der Waals surface area contributed by atoms with Gasteiger partial charge in [0, 0.05) is 38.1 Å². The van der Waals surface area contributed by atoms with Crippen LogP contribution in [-0.2, 0) is 6.54 Å². The molecule has 2 aromatic rings. The normalized spacial score (nSPS) is 23.1. The number of hydrogen-bond acceptors (Lipinski definition) is 2. The molecule has 20 heavy (non-hydrogen) atoms. The van der Waals surface area contributed by atoms with Gasteiger partial charge in [-0.1, -0.05) is 60.7 Å². The van der Waals surface area contributed by atoms with Crippen LogP contribution >= 0.6 is 0 Å². The first-order valence-electron chi connectivity index (χ1n) is 7.29. The molecular formula is C18H21NO. The van der Waals surface area contributed by atoms with Gasteiger partial charge in [0.1, 0.15) is 0 Å². The van der Waals surface area contributed by atoms with E-state index in [0.717, 1.165) is 19.6 Å². The lowest BCUT2D eigenvalue weighted by atomic mass is 9.90. The Morgan fingerprint density at radius 2 is 1.55 bits per heavy atom. The van der Waals surface area contributed by atoms with Crippen molar-refractivity contribution in [2.75, 3.05) is 19.7 Å². The molecule has 0 aliphatic carbocycles. The van der Waals surface area contributed by atoms with Gasteiger partial charge in [0.25, 0.3) is 0 Å².